The zero-order chi connectivity index (χ0) is 10.6. The molecule has 0 aromatic heterocycles. The summed E-state index contributed by atoms with van der Waals surface area (Å²) in [5.41, 5.74) is 4.47. The van der Waals surface area contributed by atoms with E-state index in [0.29, 0.717) is 25.9 Å². The van der Waals surface area contributed by atoms with E-state index >= 15 is 0 Å². The molecule has 0 aromatic carbocycles. The molecule has 0 heterocycles. The molecule has 0 radical (unpaired) electrons. The van der Waals surface area contributed by atoms with Crippen molar-refractivity contribution >= 4 is 12.0 Å². The number of carbonyl (C=O) groups is 2. The number of nitrogens with two attached hydrogens (primary N) is 1. The maximum atomic E-state index is 11.0. The monoisotopic (exact) mass is 201 g/mol. The zero-order valence-electron chi connectivity index (χ0n) is 7.88. The average Bonchev–Trinajstić information content (AvgIpc) is 2.92. The fourth-order valence-electron chi connectivity index (χ4n) is 1.11. The molecule has 5 N–H and O–H groups in total. The highest BCUT2D eigenvalue weighted by molar-refractivity contribution is 5.80. The van der Waals surface area contributed by atoms with E-state index in [0.717, 1.165) is 0 Å². The Morgan fingerprint density at radius 1 is 1.36 bits per heavy atom. The molecule has 2 amide bonds. The van der Waals surface area contributed by atoms with Gasteiger partial charge in [-0.15, -0.1) is 0 Å². The zero-order valence-corrected chi connectivity index (χ0v) is 7.88. The standard InChI is InChI=1S/C8H15N3O3/c9-3-4-10-7(14)11-5-8(1-2-8)6(12)13/h1-5,9H2,(H,12,13)(H2,10,11,14). The van der Waals surface area contributed by atoms with Crippen LogP contribution in [0.25, 0.3) is 0 Å². The van der Waals surface area contributed by atoms with Crippen LogP contribution >= 0.6 is 0 Å². The number of hydrogen-bond acceptors (Lipinski definition) is 3. The number of carboxylic acid groups (broad SMARTS) is 1. The van der Waals surface area contributed by atoms with Crippen LogP contribution in [-0.4, -0.2) is 36.7 Å². The molecule has 1 rings (SSSR count). The van der Waals surface area contributed by atoms with Gasteiger partial charge in [0, 0.05) is 19.6 Å². The summed E-state index contributed by atoms with van der Waals surface area (Å²) in [5.74, 6) is -0.836. The second-order valence-corrected chi connectivity index (χ2v) is 3.48. The molecular formula is C8H15N3O3. The molecule has 0 bridgehead atoms. The first kappa shape index (κ1) is 10.8. The second-order valence-electron chi connectivity index (χ2n) is 3.48. The minimum atomic E-state index is -0.836. The lowest BCUT2D eigenvalue weighted by Gasteiger charge is -2.11. The maximum absolute atomic E-state index is 11.0. The maximum Gasteiger partial charge on any atom is 0.314 e. The van der Waals surface area contributed by atoms with Crippen molar-refractivity contribution in [2.24, 2.45) is 11.1 Å². The lowest BCUT2D eigenvalue weighted by molar-refractivity contribution is -0.143. The number of nitrogens with one attached hydrogen (secondary N) is 2. The average molecular weight is 201 g/mol. The van der Waals surface area contributed by atoms with E-state index in [9.17, 15) is 9.59 Å². The van der Waals surface area contributed by atoms with Crippen LogP contribution in [0.5, 0.6) is 0 Å². The number of aliphatic carboxylic acids is 1. The Morgan fingerprint density at radius 3 is 2.43 bits per heavy atom. The van der Waals surface area contributed by atoms with Crippen LogP contribution in [0.1, 0.15) is 12.8 Å². The van der Waals surface area contributed by atoms with Crippen molar-refractivity contribution in [3.8, 4) is 0 Å². The molecule has 0 aromatic rings. The summed E-state index contributed by atoms with van der Waals surface area (Å²) in [7, 11) is 0. The molecule has 0 aliphatic heterocycles. The summed E-state index contributed by atoms with van der Waals surface area (Å²) >= 11 is 0. The first-order chi connectivity index (χ1) is 6.60. The highest BCUT2D eigenvalue weighted by Gasteiger charge is 2.50. The van der Waals surface area contributed by atoms with E-state index in [-0.39, 0.29) is 12.6 Å². The van der Waals surface area contributed by atoms with Gasteiger partial charge in [-0.3, -0.25) is 4.79 Å². The van der Waals surface area contributed by atoms with E-state index in [1.165, 1.54) is 0 Å². The first-order valence-corrected chi connectivity index (χ1v) is 4.56. The number of urea groups is 1. The number of amides is 2. The Labute approximate surface area is 81.8 Å². The van der Waals surface area contributed by atoms with Gasteiger partial charge in [0.2, 0.25) is 0 Å². The topological polar surface area (TPSA) is 104 Å². The molecule has 1 aliphatic carbocycles. The first-order valence-electron chi connectivity index (χ1n) is 4.56. The minimum absolute atomic E-state index is 0.193. The van der Waals surface area contributed by atoms with E-state index in [1.807, 2.05) is 0 Å². The summed E-state index contributed by atoms with van der Waals surface area (Å²) in [6, 6.07) is -0.358. The summed E-state index contributed by atoms with van der Waals surface area (Å²) in [6.07, 6.45) is 1.28. The summed E-state index contributed by atoms with van der Waals surface area (Å²) in [4.78, 5) is 21.7. The molecule has 14 heavy (non-hydrogen) atoms. The van der Waals surface area contributed by atoms with Crippen LogP contribution in [0.3, 0.4) is 0 Å². The van der Waals surface area contributed by atoms with Crippen molar-refractivity contribution in [2.75, 3.05) is 19.6 Å². The molecule has 0 spiro atoms. The van der Waals surface area contributed by atoms with Crippen molar-refractivity contribution in [1.29, 1.82) is 0 Å². The quantitative estimate of drug-likeness (QED) is 0.463. The lowest BCUT2D eigenvalue weighted by Crippen LogP contribution is -2.42. The number of rotatable bonds is 5. The van der Waals surface area contributed by atoms with Crippen LogP contribution in [0.2, 0.25) is 0 Å². The van der Waals surface area contributed by atoms with Gasteiger partial charge in [-0.05, 0) is 12.8 Å². The number of carboxylic acids is 1. The van der Waals surface area contributed by atoms with Gasteiger partial charge in [0.1, 0.15) is 0 Å². The molecule has 6 nitrogen and oxygen atoms in total. The molecule has 1 aliphatic rings. The molecule has 1 saturated carbocycles. The van der Waals surface area contributed by atoms with Gasteiger partial charge in [0.05, 0.1) is 5.41 Å². The Morgan fingerprint density at radius 2 is 2.00 bits per heavy atom. The second kappa shape index (κ2) is 4.28. The van der Waals surface area contributed by atoms with E-state index in [2.05, 4.69) is 10.6 Å². The summed E-state index contributed by atoms with van der Waals surface area (Å²) < 4.78 is 0. The molecule has 1 fully saturated rings. The fourth-order valence-corrected chi connectivity index (χ4v) is 1.11. The van der Waals surface area contributed by atoms with Crippen molar-refractivity contribution in [2.45, 2.75) is 12.8 Å². The van der Waals surface area contributed by atoms with Crippen molar-refractivity contribution in [3.05, 3.63) is 0 Å². The Hall–Kier alpha value is -1.30. The predicted molar refractivity (Wildman–Crippen MR) is 49.8 cm³/mol. The highest BCUT2D eigenvalue weighted by atomic mass is 16.4. The van der Waals surface area contributed by atoms with Gasteiger partial charge in [-0.1, -0.05) is 0 Å². The van der Waals surface area contributed by atoms with Crippen LogP contribution in [0.4, 0.5) is 4.79 Å². The number of hydrogen-bond donors (Lipinski definition) is 4. The van der Waals surface area contributed by atoms with Gasteiger partial charge in [0.15, 0.2) is 0 Å². The SMILES string of the molecule is NCCNC(=O)NCC1(C(=O)O)CC1. The smallest absolute Gasteiger partial charge is 0.314 e. The lowest BCUT2D eigenvalue weighted by atomic mass is 10.1. The third-order valence-corrected chi connectivity index (χ3v) is 2.32. The predicted octanol–water partition coefficient (Wildman–Crippen LogP) is -0.891. The highest BCUT2D eigenvalue weighted by Crippen LogP contribution is 2.45. The van der Waals surface area contributed by atoms with Crippen LogP contribution in [-0.2, 0) is 4.79 Å². The molecular weight excluding hydrogens is 186 g/mol. The Bertz CT molecular complexity index is 238. The van der Waals surface area contributed by atoms with Gasteiger partial charge in [-0.2, -0.15) is 0 Å². The third-order valence-electron chi connectivity index (χ3n) is 2.32. The van der Waals surface area contributed by atoms with Gasteiger partial charge < -0.3 is 21.5 Å². The minimum Gasteiger partial charge on any atom is -0.481 e. The van der Waals surface area contributed by atoms with Crippen LogP contribution in [0.15, 0.2) is 0 Å². The Kier molecular flexibility index (Phi) is 3.29. The van der Waals surface area contributed by atoms with E-state index in [4.69, 9.17) is 10.8 Å². The van der Waals surface area contributed by atoms with Crippen molar-refractivity contribution in [3.63, 3.8) is 0 Å². The third kappa shape index (κ3) is 2.59. The molecule has 80 valence electrons. The summed E-state index contributed by atoms with van der Waals surface area (Å²) in [6.45, 7) is 0.960. The van der Waals surface area contributed by atoms with Gasteiger partial charge >= 0.3 is 12.0 Å². The van der Waals surface area contributed by atoms with Crippen molar-refractivity contribution in [1.82, 2.24) is 10.6 Å². The molecule has 6 heteroatoms. The molecule has 0 unspecified atom stereocenters. The van der Waals surface area contributed by atoms with Crippen LogP contribution in [0, 0.1) is 5.41 Å². The fraction of sp³-hybridized carbons (Fsp3) is 0.750. The van der Waals surface area contributed by atoms with Crippen LogP contribution < -0.4 is 16.4 Å². The van der Waals surface area contributed by atoms with Crippen molar-refractivity contribution < 1.29 is 14.7 Å². The molecule has 0 atom stereocenters. The molecule has 0 saturated heterocycles. The Balaban J connectivity index is 2.20. The van der Waals surface area contributed by atoms with Gasteiger partial charge in [-0.25, -0.2) is 4.79 Å². The summed E-state index contributed by atoms with van der Waals surface area (Å²) in [5, 5.41) is 13.8. The van der Waals surface area contributed by atoms with E-state index < -0.39 is 11.4 Å². The van der Waals surface area contributed by atoms with E-state index in [1.54, 1.807) is 0 Å². The largest absolute Gasteiger partial charge is 0.481 e. The number of carbonyl (C=O) groups excluding carboxylic acids is 1. The van der Waals surface area contributed by atoms with Gasteiger partial charge in [0.25, 0.3) is 0 Å². The normalized spacial score (nSPS) is 17.2.